The fourth-order valence-corrected chi connectivity index (χ4v) is 1.44. The van der Waals surface area contributed by atoms with Crippen LogP contribution in [0.5, 0.6) is 5.75 Å². The van der Waals surface area contributed by atoms with Crippen molar-refractivity contribution >= 4 is 17.6 Å². The van der Waals surface area contributed by atoms with Crippen molar-refractivity contribution in [2.24, 2.45) is 0 Å². The normalized spacial score (nSPS) is 10.6. The Morgan fingerprint density at radius 3 is 2.76 bits per heavy atom. The number of carbonyl (C=O) groups is 2. The Hall–Kier alpha value is -3.01. The Morgan fingerprint density at radius 2 is 2.14 bits per heavy atom. The standard InChI is InChI=1S/C14H15N3O4/c1-9-2-3-12(18)11(6-9)17-8-10(7-15)14(21)16-5-4-13(19)20/h2-3,6,8,17-18H,4-5H2,1H3,(H,16,21)(H,19,20)/b10-8-. The van der Waals surface area contributed by atoms with Gasteiger partial charge in [0.1, 0.15) is 17.4 Å². The number of anilines is 1. The minimum absolute atomic E-state index is 0.0135. The molecule has 0 unspecified atom stereocenters. The monoisotopic (exact) mass is 289 g/mol. The van der Waals surface area contributed by atoms with Crippen LogP contribution in [0.3, 0.4) is 0 Å². The number of phenols is 1. The first kappa shape index (κ1) is 16.0. The average molecular weight is 289 g/mol. The fraction of sp³-hybridized carbons (Fsp3) is 0.214. The molecule has 0 radical (unpaired) electrons. The van der Waals surface area contributed by atoms with E-state index in [1.165, 1.54) is 6.07 Å². The number of rotatable bonds is 6. The van der Waals surface area contributed by atoms with Crippen molar-refractivity contribution < 1.29 is 19.8 Å². The van der Waals surface area contributed by atoms with Crippen molar-refractivity contribution in [3.8, 4) is 11.8 Å². The van der Waals surface area contributed by atoms with Gasteiger partial charge in [0.15, 0.2) is 0 Å². The first-order chi connectivity index (χ1) is 9.93. The number of carboxylic acids is 1. The highest BCUT2D eigenvalue weighted by molar-refractivity contribution is 5.97. The number of nitrogens with zero attached hydrogens (tertiary/aromatic N) is 1. The maximum absolute atomic E-state index is 11.6. The van der Waals surface area contributed by atoms with Gasteiger partial charge in [-0.1, -0.05) is 6.07 Å². The van der Waals surface area contributed by atoms with Crippen LogP contribution in [-0.2, 0) is 9.59 Å². The van der Waals surface area contributed by atoms with Gasteiger partial charge in [-0.05, 0) is 24.6 Å². The molecule has 1 aromatic carbocycles. The Morgan fingerprint density at radius 1 is 1.43 bits per heavy atom. The third kappa shape index (κ3) is 5.24. The number of amides is 1. The van der Waals surface area contributed by atoms with Gasteiger partial charge in [-0.3, -0.25) is 9.59 Å². The van der Waals surface area contributed by atoms with Crippen molar-refractivity contribution in [1.82, 2.24) is 5.32 Å². The summed E-state index contributed by atoms with van der Waals surface area (Å²) in [6, 6.07) is 6.56. The number of nitrogens with one attached hydrogen (secondary N) is 2. The molecule has 7 nitrogen and oxygen atoms in total. The summed E-state index contributed by atoms with van der Waals surface area (Å²) in [6.45, 7) is 1.76. The van der Waals surface area contributed by atoms with Crippen LogP contribution in [0.1, 0.15) is 12.0 Å². The number of carbonyl (C=O) groups excluding carboxylic acids is 1. The number of benzene rings is 1. The molecule has 0 aliphatic carbocycles. The molecule has 0 fully saturated rings. The summed E-state index contributed by atoms with van der Waals surface area (Å²) in [7, 11) is 0. The van der Waals surface area contributed by atoms with Crippen molar-refractivity contribution in [2.75, 3.05) is 11.9 Å². The summed E-state index contributed by atoms with van der Waals surface area (Å²) in [5.74, 6) is -1.74. The molecule has 1 aromatic rings. The zero-order valence-corrected chi connectivity index (χ0v) is 11.4. The lowest BCUT2D eigenvalue weighted by Crippen LogP contribution is -2.27. The molecule has 0 heterocycles. The third-order valence-corrected chi connectivity index (χ3v) is 2.51. The van der Waals surface area contributed by atoms with E-state index in [0.717, 1.165) is 11.8 Å². The van der Waals surface area contributed by atoms with Gasteiger partial charge in [0.2, 0.25) is 0 Å². The van der Waals surface area contributed by atoms with Crippen molar-refractivity contribution in [2.45, 2.75) is 13.3 Å². The molecule has 21 heavy (non-hydrogen) atoms. The Balaban J connectivity index is 2.71. The van der Waals surface area contributed by atoms with Crippen molar-refractivity contribution in [3.05, 3.63) is 35.5 Å². The second-order valence-corrected chi connectivity index (χ2v) is 4.23. The van der Waals surface area contributed by atoms with Crippen LogP contribution in [0.15, 0.2) is 30.0 Å². The van der Waals surface area contributed by atoms with E-state index in [1.807, 2.05) is 6.92 Å². The minimum Gasteiger partial charge on any atom is -0.506 e. The number of hydrogen-bond acceptors (Lipinski definition) is 5. The molecule has 0 atom stereocenters. The van der Waals surface area contributed by atoms with Crippen LogP contribution in [0.4, 0.5) is 5.69 Å². The molecule has 110 valence electrons. The molecule has 1 amide bonds. The average Bonchev–Trinajstić information content (AvgIpc) is 2.42. The van der Waals surface area contributed by atoms with Crippen LogP contribution >= 0.6 is 0 Å². The molecule has 0 bridgehead atoms. The number of nitriles is 1. The summed E-state index contributed by atoms with van der Waals surface area (Å²) in [6.07, 6.45) is 0.932. The topological polar surface area (TPSA) is 122 Å². The minimum atomic E-state index is -1.04. The van der Waals surface area contributed by atoms with Crippen LogP contribution < -0.4 is 10.6 Å². The number of carboxylic acid groups (broad SMARTS) is 1. The Bertz CT molecular complexity index is 617. The van der Waals surface area contributed by atoms with Crippen LogP contribution in [0, 0.1) is 18.3 Å². The predicted octanol–water partition coefficient (Wildman–Crippen LogP) is 1.11. The molecule has 0 aliphatic heterocycles. The summed E-state index contributed by atoms with van der Waals surface area (Å²) < 4.78 is 0. The van der Waals surface area contributed by atoms with E-state index < -0.39 is 11.9 Å². The van der Waals surface area contributed by atoms with E-state index in [2.05, 4.69) is 10.6 Å². The fourth-order valence-electron chi connectivity index (χ4n) is 1.44. The van der Waals surface area contributed by atoms with Crippen LogP contribution in [-0.4, -0.2) is 28.6 Å². The summed E-state index contributed by atoms with van der Waals surface area (Å²) in [4.78, 5) is 22.0. The molecular formula is C14H15N3O4. The molecule has 4 N–H and O–H groups in total. The zero-order valence-electron chi connectivity index (χ0n) is 11.4. The number of aromatic hydroxyl groups is 1. The van der Waals surface area contributed by atoms with Crippen LogP contribution in [0.25, 0.3) is 0 Å². The highest BCUT2D eigenvalue weighted by atomic mass is 16.4. The van der Waals surface area contributed by atoms with Crippen molar-refractivity contribution in [1.29, 1.82) is 5.26 Å². The van der Waals surface area contributed by atoms with Gasteiger partial charge >= 0.3 is 5.97 Å². The van der Waals surface area contributed by atoms with E-state index in [1.54, 1.807) is 18.2 Å². The molecule has 7 heteroatoms. The van der Waals surface area contributed by atoms with Gasteiger partial charge in [0, 0.05) is 12.7 Å². The molecular weight excluding hydrogens is 274 g/mol. The lowest BCUT2D eigenvalue weighted by molar-refractivity contribution is -0.136. The molecule has 0 saturated carbocycles. The Kier molecular flexibility index (Phi) is 5.77. The van der Waals surface area contributed by atoms with Gasteiger partial charge in [0.25, 0.3) is 5.91 Å². The molecule has 0 aromatic heterocycles. The zero-order chi connectivity index (χ0) is 15.8. The largest absolute Gasteiger partial charge is 0.506 e. The van der Waals surface area contributed by atoms with Gasteiger partial charge in [-0.15, -0.1) is 0 Å². The molecule has 1 rings (SSSR count). The van der Waals surface area contributed by atoms with Gasteiger partial charge in [0.05, 0.1) is 12.1 Å². The second kappa shape index (κ2) is 7.55. The highest BCUT2D eigenvalue weighted by Crippen LogP contribution is 2.23. The summed E-state index contributed by atoms with van der Waals surface area (Å²) in [5, 5.41) is 32.0. The quantitative estimate of drug-likeness (QED) is 0.353. The van der Waals surface area contributed by atoms with E-state index in [-0.39, 0.29) is 24.3 Å². The third-order valence-electron chi connectivity index (χ3n) is 2.51. The highest BCUT2D eigenvalue weighted by Gasteiger charge is 2.09. The number of aryl methyl sites for hydroxylation is 1. The van der Waals surface area contributed by atoms with Gasteiger partial charge in [-0.25, -0.2) is 0 Å². The number of hydrogen-bond donors (Lipinski definition) is 4. The first-order valence-electron chi connectivity index (χ1n) is 6.10. The maximum Gasteiger partial charge on any atom is 0.305 e. The van der Waals surface area contributed by atoms with Crippen molar-refractivity contribution in [3.63, 3.8) is 0 Å². The maximum atomic E-state index is 11.6. The van der Waals surface area contributed by atoms with E-state index in [9.17, 15) is 14.7 Å². The van der Waals surface area contributed by atoms with E-state index in [4.69, 9.17) is 10.4 Å². The SMILES string of the molecule is Cc1ccc(O)c(N/C=C(/C#N)C(=O)NCCC(=O)O)c1. The van der Waals surface area contributed by atoms with Gasteiger partial charge in [-0.2, -0.15) is 5.26 Å². The molecule has 0 aliphatic rings. The smallest absolute Gasteiger partial charge is 0.305 e. The molecule has 0 spiro atoms. The summed E-state index contributed by atoms with van der Waals surface area (Å²) >= 11 is 0. The number of aliphatic carboxylic acids is 1. The lowest BCUT2D eigenvalue weighted by atomic mass is 10.2. The van der Waals surface area contributed by atoms with E-state index in [0.29, 0.717) is 5.69 Å². The number of phenolic OH excluding ortho intramolecular Hbond substituents is 1. The predicted molar refractivity (Wildman–Crippen MR) is 75.4 cm³/mol. The van der Waals surface area contributed by atoms with E-state index >= 15 is 0 Å². The molecule has 0 saturated heterocycles. The van der Waals surface area contributed by atoms with Crippen LogP contribution in [0.2, 0.25) is 0 Å². The second-order valence-electron chi connectivity index (χ2n) is 4.23. The Labute approximate surface area is 121 Å². The summed E-state index contributed by atoms with van der Waals surface area (Å²) in [5.41, 5.74) is 1.04. The van der Waals surface area contributed by atoms with Gasteiger partial charge < -0.3 is 20.8 Å². The first-order valence-corrected chi connectivity index (χ1v) is 6.10. The lowest BCUT2D eigenvalue weighted by Gasteiger charge is -2.06.